The van der Waals surface area contributed by atoms with Crippen molar-refractivity contribution in [3.63, 3.8) is 0 Å². The molecule has 0 saturated carbocycles. The molecule has 6 nitrogen and oxygen atoms in total. The number of aliphatic carboxylic acids is 1. The van der Waals surface area contributed by atoms with E-state index in [1.54, 1.807) is 32.0 Å². The van der Waals surface area contributed by atoms with Gasteiger partial charge in [0.15, 0.2) is 18.1 Å². The van der Waals surface area contributed by atoms with Gasteiger partial charge < -0.3 is 19.5 Å². The number of carbonyl (C=O) groups is 2. The van der Waals surface area contributed by atoms with E-state index in [4.69, 9.17) is 14.6 Å². The van der Waals surface area contributed by atoms with Crippen molar-refractivity contribution in [1.29, 1.82) is 0 Å². The van der Waals surface area contributed by atoms with Gasteiger partial charge in [0, 0.05) is 6.04 Å². The van der Waals surface area contributed by atoms with Gasteiger partial charge in [0.2, 0.25) is 0 Å². The molecule has 0 aliphatic rings. The number of carboxylic acids is 1. The fraction of sp³-hybridized carbons (Fsp3) is 0.300. The Hall–Kier alpha value is -3.02. The van der Waals surface area contributed by atoms with E-state index in [1.165, 1.54) is 4.90 Å². The SMILES string of the molecule is CC(C)N(CC(=O)O)C(=O)COc1ccccc1OCc1ccccc1. The van der Waals surface area contributed by atoms with Gasteiger partial charge in [0.25, 0.3) is 5.91 Å². The maximum absolute atomic E-state index is 12.3. The third-order valence-corrected chi connectivity index (χ3v) is 3.69. The van der Waals surface area contributed by atoms with Gasteiger partial charge in [-0.05, 0) is 31.5 Å². The Bertz CT molecular complexity index is 730. The first kappa shape index (κ1) is 19.3. The Balaban J connectivity index is 1.98. The van der Waals surface area contributed by atoms with Gasteiger partial charge in [-0.1, -0.05) is 42.5 Å². The van der Waals surface area contributed by atoms with Crippen LogP contribution in [0.4, 0.5) is 0 Å². The molecule has 2 aromatic carbocycles. The molecule has 0 saturated heterocycles. The molecule has 0 bridgehead atoms. The first-order valence-corrected chi connectivity index (χ1v) is 8.37. The van der Waals surface area contributed by atoms with E-state index in [0.29, 0.717) is 18.1 Å². The van der Waals surface area contributed by atoms with Crippen LogP contribution in [0.5, 0.6) is 11.5 Å². The second kappa shape index (κ2) is 9.46. The molecular formula is C20H23NO5. The van der Waals surface area contributed by atoms with E-state index in [9.17, 15) is 9.59 Å². The molecule has 0 aliphatic heterocycles. The molecule has 0 radical (unpaired) electrons. The number of rotatable bonds is 9. The summed E-state index contributed by atoms with van der Waals surface area (Å²) in [6.45, 7) is 3.30. The van der Waals surface area contributed by atoms with Crippen LogP contribution in [0.15, 0.2) is 54.6 Å². The van der Waals surface area contributed by atoms with Crippen LogP contribution >= 0.6 is 0 Å². The van der Waals surface area contributed by atoms with Gasteiger partial charge in [-0.3, -0.25) is 9.59 Å². The fourth-order valence-electron chi connectivity index (χ4n) is 2.35. The number of ether oxygens (including phenoxy) is 2. The molecule has 0 unspecified atom stereocenters. The van der Waals surface area contributed by atoms with Crippen molar-refractivity contribution >= 4 is 11.9 Å². The zero-order valence-corrected chi connectivity index (χ0v) is 14.9. The summed E-state index contributed by atoms with van der Waals surface area (Å²) in [5.41, 5.74) is 1.02. The van der Waals surface area contributed by atoms with Crippen LogP contribution in [0, 0.1) is 0 Å². The van der Waals surface area contributed by atoms with E-state index in [0.717, 1.165) is 5.56 Å². The van der Waals surface area contributed by atoms with Crippen LogP contribution < -0.4 is 9.47 Å². The summed E-state index contributed by atoms with van der Waals surface area (Å²) < 4.78 is 11.4. The Kier molecular flexibility index (Phi) is 7.02. The molecule has 0 spiro atoms. The van der Waals surface area contributed by atoms with Crippen LogP contribution in [-0.4, -0.2) is 41.1 Å². The Morgan fingerprint density at radius 1 is 0.962 bits per heavy atom. The minimum Gasteiger partial charge on any atom is -0.485 e. The zero-order chi connectivity index (χ0) is 18.9. The number of hydrogen-bond donors (Lipinski definition) is 1. The van der Waals surface area contributed by atoms with Crippen LogP contribution in [0.3, 0.4) is 0 Å². The molecule has 26 heavy (non-hydrogen) atoms. The number of hydrogen-bond acceptors (Lipinski definition) is 4. The lowest BCUT2D eigenvalue weighted by Gasteiger charge is -2.25. The van der Waals surface area contributed by atoms with Crippen molar-refractivity contribution in [2.45, 2.75) is 26.5 Å². The summed E-state index contributed by atoms with van der Waals surface area (Å²) in [7, 11) is 0. The fourth-order valence-corrected chi connectivity index (χ4v) is 2.35. The van der Waals surface area contributed by atoms with E-state index in [2.05, 4.69) is 0 Å². The summed E-state index contributed by atoms with van der Waals surface area (Å²) in [5.74, 6) is -0.479. The second-order valence-corrected chi connectivity index (χ2v) is 6.02. The third-order valence-electron chi connectivity index (χ3n) is 3.69. The summed E-state index contributed by atoms with van der Waals surface area (Å²) in [5, 5.41) is 8.93. The quantitative estimate of drug-likeness (QED) is 0.747. The maximum Gasteiger partial charge on any atom is 0.323 e. The van der Waals surface area contributed by atoms with E-state index in [1.807, 2.05) is 36.4 Å². The molecule has 0 aromatic heterocycles. The Morgan fingerprint density at radius 3 is 2.12 bits per heavy atom. The molecule has 2 aromatic rings. The lowest BCUT2D eigenvalue weighted by atomic mass is 10.2. The van der Waals surface area contributed by atoms with E-state index >= 15 is 0 Å². The summed E-state index contributed by atoms with van der Waals surface area (Å²) >= 11 is 0. The molecule has 0 aliphatic carbocycles. The number of benzene rings is 2. The van der Waals surface area contributed by atoms with Crippen molar-refractivity contribution in [3.05, 3.63) is 60.2 Å². The van der Waals surface area contributed by atoms with Gasteiger partial charge in [0.1, 0.15) is 13.2 Å². The molecule has 138 valence electrons. The normalized spacial score (nSPS) is 10.4. The standard InChI is InChI=1S/C20H23NO5/c1-15(2)21(12-20(23)24)19(22)14-26-18-11-7-6-10-17(18)25-13-16-8-4-3-5-9-16/h3-11,15H,12-14H2,1-2H3,(H,23,24). The lowest BCUT2D eigenvalue weighted by Crippen LogP contribution is -2.43. The first-order valence-electron chi connectivity index (χ1n) is 8.37. The van der Waals surface area contributed by atoms with Crippen molar-refractivity contribution in [1.82, 2.24) is 4.90 Å². The monoisotopic (exact) mass is 357 g/mol. The van der Waals surface area contributed by atoms with Gasteiger partial charge in [-0.15, -0.1) is 0 Å². The average molecular weight is 357 g/mol. The van der Waals surface area contributed by atoms with Crippen LogP contribution in [-0.2, 0) is 16.2 Å². The molecule has 6 heteroatoms. The average Bonchev–Trinajstić information content (AvgIpc) is 2.63. The highest BCUT2D eigenvalue weighted by molar-refractivity contribution is 5.82. The minimum absolute atomic E-state index is 0.230. The van der Waals surface area contributed by atoms with E-state index in [-0.39, 0.29) is 25.1 Å². The van der Waals surface area contributed by atoms with E-state index < -0.39 is 5.97 Å². The number of carbonyl (C=O) groups excluding carboxylic acids is 1. The third kappa shape index (κ3) is 5.81. The largest absolute Gasteiger partial charge is 0.485 e. The number of nitrogens with zero attached hydrogens (tertiary/aromatic N) is 1. The zero-order valence-electron chi connectivity index (χ0n) is 14.9. The van der Waals surface area contributed by atoms with Gasteiger partial charge in [-0.2, -0.15) is 0 Å². The topological polar surface area (TPSA) is 76.1 Å². The van der Waals surface area contributed by atoms with Crippen molar-refractivity contribution in [2.75, 3.05) is 13.2 Å². The predicted octanol–water partition coefficient (Wildman–Crippen LogP) is 2.97. The van der Waals surface area contributed by atoms with Gasteiger partial charge in [-0.25, -0.2) is 0 Å². The highest BCUT2D eigenvalue weighted by Gasteiger charge is 2.20. The molecule has 0 fully saturated rings. The maximum atomic E-state index is 12.3. The van der Waals surface area contributed by atoms with Crippen molar-refractivity contribution in [2.24, 2.45) is 0 Å². The highest BCUT2D eigenvalue weighted by atomic mass is 16.5. The molecule has 2 rings (SSSR count). The minimum atomic E-state index is -1.06. The molecule has 0 atom stereocenters. The summed E-state index contributed by atoms with van der Waals surface area (Å²) in [6.07, 6.45) is 0. The van der Waals surface area contributed by atoms with Crippen LogP contribution in [0.25, 0.3) is 0 Å². The van der Waals surface area contributed by atoms with Gasteiger partial charge in [0.05, 0.1) is 0 Å². The van der Waals surface area contributed by atoms with Crippen LogP contribution in [0.1, 0.15) is 19.4 Å². The highest BCUT2D eigenvalue weighted by Crippen LogP contribution is 2.27. The predicted molar refractivity (Wildman–Crippen MR) is 97.2 cm³/mol. The number of carboxylic acid groups (broad SMARTS) is 1. The number of amides is 1. The van der Waals surface area contributed by atoms with Crippen LogP contribution in [0.2, 0.25) is 0 Å². The first-order chi connectivity index (χ1) is 12.5. The second-order valence-electron chi connectivity index (χ2n) is 6.02. The Morgan fingerprint density at radius 2 is 1.54 bits per heavy atom. The molecule has 1 N–H and O–H groups in total. The van der Waals surface area contributed by atoms with Crippen molar-refractivity contribution in [3.8, 4) is 11.5 Å². The molecular weight excluding hydrogens is 334 g/mol. The number of para-hydroxylation sites is 2. The Labute approximate surface area is 153 Å². The smallest absolute Gasteiger partial charge is 0.323 e. The summed E-state index contributed by atoms with van der Waals surface area (Å²) in [4.78, 5) is 24.5. The summed E-state index contributed by atoms with van der Waals surface area (Å²) in [6, 6.07) is 16.6. The van der Waals surface area contributed by atoms with Crippen molar-refractivity contribution < 1.29 is 24.2 Å². The van der Waals surface area contributed by atoms with Gasteiger partial charge >= 0.3 is 5.97 Å². The lowest BCUT2D eigenvalue weighted by molar-refractivity contribution is -0.146. The molecule has 0 heterocycles. The molecule has 1 amide bonds.